The van der Waals surface area contributed by atoms with E-state index in [1.165, 1.54) is 0 Å². The smallest absolute Gasteiger partial charge is 0.311 e. The maximum Gasteiger partial charge on any atom is 0.311 e. The lowest BCUT2D eigenvalue weighted by atomic mass is 10.1. The summed E-state index contributed by atoms with van der Waals surface area (Å²) >= 11 is 0. The molecule has 0 aromatic carbocycles. The predicted octanol–water partition coefficient (Wildman–Crippen LogP) is 2.90. The van der Waals surface area contributed by atoms with Crippen LogP contribution in [-0.2, 0) is 4.74 Å². The number of hydrogen-bond donors (Lipinski definition) is 0. The Bertz CT molecular complexity index is 197. The van der Waals surface area contributed by atoms with Gasteiger partial charge in [0.25, 0.3) is 0 Å². The first-order valence-electron chi connectivity index (χ1n) is 5.29. The van der Waals surface area contributed by atoms with E-state index in [1.807, 2.05) is 20.8 Å². The first-order chi connectivity index (χ1) is 6.60. The van der Waals surface area contributed by atoms with Crippen molar-refractivity contribution in [3.05, 3.63) is 0 Å². The van der Waals surface area contributed by atoms with Gasteiger partial charge >= 0.3 is 6.02 Å². The second kappa shape index (κ2) is 7.54. The van der Waals surface area contributed by atoms with Crippen LogP contribution < -0.4 is 0 Å². The molecule has 0 bridgehead atoms. The molecule has 1 unspecified atom stereocenters. The summed E-state index contributed by atoms with van der Waals surface area (Å²) in [5.41, 5.74) is 0. The molecule has 0 aromatic heterocycles. The van der Waals surface area contributed by atoms with Crippen molar-refractivity contribution in [3.63, 3.8) is 0 Å². The fourth-order valence-corrected chi connectivity index (χ4v) is 0.774. The van der Waals surface area contributed by atoms with Crippen LogP contribution in [0.25, 0.3) is 0 Å². The number of hydrogen-bond acceptors (Lipinski definition) is 2. The largest absolute Gasteiger partial charge is 0.463 e. The summed E-state index contributed by atoms with van der Waals surface area (Å²) in [4.78, 5) is 8.34. The minimum atomic E-state index is 0.227. The lowest BCUT2D eigenvalue weighted by Gasteiger charge is -2.10. The van der Waals surface area contributed by atoms with Gasteiger partial charge in [0.05, 0.1) is 6.61 Å². The SMILES string of the molecule is CC=NC(=NC(C)C)OCC(C)CC. The predicted molar refractivity (Wildman–Crippen MR) is 62.1 cm³/mol. The number of ether oxygens (including phenoxy) is 1. The molecule has 0 N–H and O–H groups in total. The molecule has 0 saturated carbocycles. The summed E-state index contributed by atoms with van der Waals surface area (Å²) in [7, 11) is 0. The van der Waals surface area contributed by atoms with Crippen molar-refractivity contribution in [2.45, 2.75) is 47.1 Å². The van der Waals surface area contributed by atoms with Gasteiger partial charge in [-0.3, -0.25) is 0 Å². The van der Waals surface area contributed by atoms with Crippen molar-refractivity contribution in [1.29, 1.82) is 0 Å². The second-order valence-electron chi connectivity index (χ2n) is 3.72. The Morgan fingerprint density at radius 2 is 2.00 bits per heavy atom. The highest BCUT2D eigenvalue weighted by atomic mass is 16.5. The van der Waals surface area contributed by atoms with Gasteiger partial charge in [0.1, 0.15) is 0 Å². The number of aliphatic imine (C=N–C) groups is 2. The minimum absolute atomic E-state index is 0.227. The molecule has 0 aliphatic heterocycles. The maximum atomic E-state index is 5.50. The van der Waals surface area contributed by atoms with E-state index in [-0.39, 0.29) is 6.04 Å². The van der Waals surface area contributed by atoms with Gasteiger partial charge in [-0.25, -0.2) is 9.98 Å². The van der Waals surface area contributed by atoms with Crippen LogP contribution in [-0.4, -0.2) is 24.9 Å². The van der Waals surface area contributed by atoms with Crippen LogP contribution in [0.2, 0.25) is 0 Å². The Kier molecular flexibility index (Phi) is 7.07. The van der Waals surface area contributed by atoms with Crippen molar-refractivity contribution in [1.82, 2.24) is 0 Å². The highest BCUT2D eigenvalue weighted by molar-refractivity contribution is 5.82. The van der Waals surface area contributed by atoms with E-state index in [0.717, 1.165) is 6.42 Å². The first-order valence-corrected chi connectivity index (χ1v) is 5.29. The number of amidine groups is 1. The van der Waals surface area contributed by atoms with Crippen LogP contribution in [0, 0.1) is 5.92 Å². The summed E-state index contributed by atoms with van der Waals surface area (Å²) < 4.78 is 5.50. The zero-order valence-electron chi connectivity index (χ0n) is 9.95. The second-order valence-corrected chi connectivity index (χ2v) is 3.72. The van der Waals surface area contributed by atoms with E-state index < -0.39 is 0 Å². The Morgan fingerprint density at radius 1 is 1.36 bits per heavy atom. The zero-order chi connectivity index (χ0) is 11.0. The molecule has 0 aliphatic rings. The molecule has 0 radical (unpaired) electrons. The third kappa shape index (κ3) is 6.63. The summed E-state index contributed by atoms with van der Waals surface area (Å²) in [6.07, 6.45) is 2.82. The summed E-state index contributed by atoms with van der Waals surface area (Å²) in [5, 5.41) is 0. The van der Waals surface area contributed by atoms with E-state index in [4.69, 9.17) is 4.74 Å². The molecule has 82 valence electrons. The molecule has 0 spiro atoms. The molecule has 14 heavy (non-hydrogen) atoms. The Balaban J connectivity index is 4.11. The Labute approximate surface area is 87.3 Å². The lowest BCUT2D eigenvalue weighted by Crippen LogP contribution is -2.11. The molecule has 1 atom stereocenters. The lowest BCUT2D eigenvalue weighted by molar-refractivity contribution is 0.240. The molecule has 0 saturated heterocycles. The highest BCUT2D eigenvalue weighted by Crippen LogP contribution is 2.02. The maximum absolute atomic E-state index is 5.50. The van der Waals surface area contributed by atoms with Crippen molar-refractivity contribution in [2.75, 3.05) is 6.61 Å². The van der Waals surface area contributed by atoms with Gasteiger partial charge in [-0.2, -0.15) is 0 Å². The number of nitrogens with zero attached hydrogens (tertiary/aromatic N) is 2. The zero-order valence-corrected chi connectivity index (χ0v) is 9.95. The summed E-state index contributed by atoms with van der Waals surface area (Å²) in [6.45, 7) is 10.9. The molecule has 0 aromatic rings. The quantitative estimate of drug-likeness (QED) is 0.505. The molecular weight excluding hydrogens is 176 g/mol. The number of rotatable bonds is 4. The summed E-state index contributed by atoms with van der Waals surface area (Å²) in [6, 6.07) is 0.730. The van der Waals surface area contributed by atoms with Gasteiger partial charge in [-0.05, 0) is 26.7 Å². The Morgan fingerprint density at radius 3 is 2.43 bits per heavy atom. The van der Waals surface area contributed by atoms with E-state index in [9.17, 15) is 0 Å². The normalized spacial score (nSPS) is 15.1. The van der Waals surface area contributed by atoms with Crippen LogP contribution >= 0.6 is 0 Å². The molecule has 0 rings (SSSR count). The minimum Gasteiger partial charge on any atom is -0.463 e. The Hall–Kier alpha value is -0.860. The molecule has 0 heterocycles. The molecule has 3 heteroatoms. The molecule has 0 fully saturated rings. The fourth-order valence-electron chi connectivity index (χ4n) is 0.774. The monoisotopic (exact) mass is 198 g/mol. The van der Waals surface area contributed by atoms with Crippen LogP contribution in [0.4, 0.5) is 0 Å². The highest BCUT2D eigenvalue weighted by Gasteiger charge is 2.03. The summed E-state index contributed by atoms with van der Waals surface area (Å²) in [5.74, 6) is 0.555. The molecule has 0 aliphatic carbocycles. The van der Waals surface area contributed by atoms with Gasteiger partial charge in [0.15, 0.2) is 0 Å². The fraction of sp³-hybridized carbons (Fsp3) is 0.818. The van der Waals surface area contributed by atoms with Crippen molar-refractivity contribution in [3.8, 4) is 0 Å². The van der Waals surface area contributed by atoms with Crippen LogP contribution in [0.15, 0.2) is 9.98 Å². The van der Waals surface area contributed by atoms with Gasteiger partial charge in [0.2, 0.25) is 0 Å². The van der Waals surface area contributed by atoms with E-state index in [0.29, 0.717) is 18.5 Å². The van der Waals surface area contributed by atoms with Crippen molar-refractivity contribution < 1.29 is 4.74 Å². The third-order valence-electron chi connectivity index (χ3n) is 1.80. The van der Waals surface area contributed by atoms with Crippen molar-refractivity contribution >= 4 is 12.2 Å². The van der Waals surface area contributed by atoms with E-state index in [1.54, 1.807) is 6.21 Å². The average molecular weight is 198 g/mol. The molecular formula is C11H22N2O. The average Bonchev–Trinajstić information content (AvgIpc) is 2.13. The van der Waals surface area contributed by atoms with Crippen LogP contribution in [0.1, 0.15) is 41.0 Å². The van der Waals surface area contributed by atoms with Crippen LogP contribution in [0.3, 0.4) is 0 Å². The van der Waals surface area contributed by atoms with Gasteiger partial charge in [-0.1, -0.05) is 20.3 Å². The third-order valence-corrected chi connectivity index (χ3v) is 1.80. The van der Waals surface area contributed by atoms with Gasteiger partial charge < -0.3 is 4.74 Å². The van der Waals surface area contributed by atoms with E-state index in [2.05, 4.69) is 23.8 Å². The standard InChI is InChI=1S/C11H22N2O/c1-6-10(5)8-14-11(12-7-2)13-9(3)4/h7,9-10H,6,8H2,1-5H3. The van der Waals surface area contributed by atoms with Crippen LogP contribution in [0.5, 0.6) is 0 Å². The van der Waals surface area contributed by atoms with Gasteiger partial charge in [-0.15, -0.1) is 0 Å². The van der Waals surface area contributed by atoms with Crippen molar-refractivity contribution in [2.24, 2.45) is 15.9 Å². The molecule has 0 amide bonds. The van der Waals surface area contributed by atoms with Gasteiger partial charge in [0, 0.05) is 12.3 Å². The topological polar surface area (TPSA) is 34.0 Å². The molecule has 3 nitrogen and oxygen atoms in total. The van der Waals surface area contributed by atoms with E-state index >= 15 is 0 Å². The first kappa shape index (κ1) is 13.1.